The molecule has 2 aliphatic carbocycles. The van der Waals surface area contributed by atoms with Crippen LogP contribution in [0.15, 0.2) is 0 Å². The molecular weight excluding hydrogens is 264 g/mol. The van der Waals surface area contributed by atoms with Crippen molar-refractivity contribution in [1.82, 2.24) is 9.80 Å². The molecule has 1 N–H and O–H groups in total. The Labute approximate surface area is 128 Å². The first kappa shape index (κ1) is 15.3. The molecule has 1 atom stereocenters. The van der Waals surface area contributed by atoms with Crippen LogP contribution in [0.1, 0.15) is 58.3 Å². The summed E-state index contributed by atoms with van der Waals surface area (Å²) in [5.41, 5.74) is 0. The Morgan fingerprint density at radius 3 is 2.29 bits per heavy atom. The highest BCUT2D eigenvalue weighted by molar-refractivity contribution is 5.79. The van der Waals surface area contributed by atoms with Gasteiger partial charge in [-0.25, -0.2) is 0 Å². The van der Waals surface area contributed by atoms with Gasteiger partial charge in [0.2, 0.25) is 5.91 Å². The van der Waals surface area contributed by atoms with Gasteiger partial charge >= 0.3 is 0 Å². The van der Waals surface area contributed by atoms with Gasteiger partial charge in [-0.2, -0.15) is 0 Å². The summed E-state index contributed by atoms with van der Waals surface area (Å²) in [6.07, 6.45) is 8.96. The van der Waals surface area contributed by atoms with Gasteiger partial charge in [-0.15, -0.1) is 0 Å². The molecule has 0 aromatic carbocycles. The van der Waals surface area contributed by atoms with Crippen molar-refractivity contribution in [1.29, 1.82) is 0 Å². The van der Waals surface area contributed by atoms with Crippen molar-refractivity contribution in [3.8, 4) is 0 Å². The number of aliphatic hydroxyl groups excluding tert-OH is 1. The Balaban J connectivity index is 1.57. The number of hydrogen-bond donors (Lipinski definition) is 1. The van der Waals surface area contributed by atoms with E-state index in [2.05, 4.69) is 16.7 Å². The second-order valence-corrected chi connectivity index (χ2v) is 7.48. The SMILES string of the molecule is CC1CCC(N(C(=O)CN2CCCC(O)C2)C2CC2)CC1. The molecular formula is C17H30N2O2. The fraction of sp³-hybridized carbons (Fsp3) is 0.941. The lowest BCUT2D eigenvalue weighted by Gasteiger charge is -2.38. The van der Waals surface area contributed by atoms with E-state index in [1.807, 2.05) is 0 Å². The second-order valence-electron chi connectivity index (χ2n) is 7.48. The van der Waals surface area contributed by atoms with E-state index in [1.165, 1.54) is 38.5 Å². The summed E-state index contributed by atoms with van der Waals surface area (Å²) in [6.45, 7) is 4.48. The maximum absolute atomic E-state index is 12.8. The van der Waals surface area contributed by atoms with Crippen LogP contribution in [-0.4, -0.2) is 58.6 Å². The van der Waals surface area contributed by atoms with Crippen LogP contribution < -0.4 is 0 Å². The molecule has 3 rings (SSSR count). The van der Waals surface area contributed by atoms with Crippen LogP contribution >= 0.6 is 0 Å². The standard InChI is InChI=1S/C17H30N2O2/c1-13-4-6-14(7-5-13)19(15-8-9-15)17(21)12-18-10-2-3-16(20)11-18/h13-16,20H,2-12H2,1H3. The first-order valence-corrected chi connectivity index (χ1v) is 8.85. The molecule has 0 radical (unpaired) electrons. The normalized spacial score (nSPS) is 34.7. The Bertz CT molecular complexity index is 362. The van der Waals surface area contributed by atoms with Crippen molar-refractivity contribution < 1.29 is 9.90 Å². The second kappa shape index (κ2) is 6.66. The number of carbonyl (C=O) groups excluding carboxylic acids is 1. The van der Waals surface area contributed by atoms with Crippen LogP contribution in [0.4, 0.5) is 0 Å². The molecule has 3 aliphatic rings. The lowest BCUT2D eigenvalue weighted by atomic mass is 9.86. The summed E-state index contributed by atoms with van der Waals surface area (Å²) in [5.74, 6) is 1.14. The summed E-state index contributed by atoms with van der Waals surface area (Å²) in [4.78, 5) is 17.2. The third-order valence-corrected chi connectivity index (χ3v) is 5.45. The van der Waals surface area contributed by atoms with Gasteiger partial charge < -0.3 is 10.0 Å². The van der Waals surface area contributed by atoms with Crippen molar-refractivity contribution in [3.05, 3.63) is 0 Å². The smallest absolute Gasteiger partial charge is 0.237 e. The number of hydrogen-bond acceptors (Lipinski definition) is 3. The number of β-amino-alcohol motifs (C(OH)–C–C–N with tert-alkyl or cyclic N) is 1. The van der Waals surface area contributed by atoms with Crippen LogP contribution in [0.3, 0.4) is 0 Å². The number of aliphatic hydroxyl groups is 1. The van der Waals surface area contributed by atoms with Crippen LogP contribution in [-0.2, 0) is 4.79 Å². The first-order chi connectivity index (χ1) is 10.1. The average Bonchev–Trinajstić information content (AvgIpc) is 3.26. The van der Waals surface area contributed by atoms with Crippen molar-refractivity contribution in [2.45, 2.75) is 76.5 Å². The molecule has 120 valence electrons. The highest BCUT2D eigenvalue weighted by Gasteiger charge is 2.38. The molecule has 0 aromatic rings. The molecule has 0 aromatic heterocycles. The molecule has 3 fully saturated rings. The van der Waals surface area contributed by atoms with Crippen molar-refractivity contribution in [2.24, 2.45) is 5.92 Å². The van der Waals surface area contributed by atoms with Gasteiger partial charge in [0.1, 0.15) is 0 Å². The Kier molecular flexibility index (Phi) is 4.85. The predicted molar refractivity (Wildman–Crippen MR) is 83.0 cm³/mol. The fourth-order valence-electron chi connectivity index (χ4n) is 4.03. The number of piperidine rings is 1. The molecule has 1 aliphatic heterocycles. The number of carbonyl (C=O) groups is 1. The monoisotopic (exact) mass is 294 g/mol. The molecule has 4 nitrogen and oxygen atoms in total. The van der Waals surface area contributed by atoms with Crippen molar-refractivity contribution >= 4 is 5.91 Å². The van der Waals surface area contributed by atoms with Crippen molar-refractivity contribution in [3.63, 3.8) is 0 Å². The lowest BCUT2D eigenvalue weighted by Crippen LogP contribution is -2.50. The predicted octanol–water partition coefficient (Wildman–Crippen LogP) is 2.01. The zero-order chi connectivity index (χ0) is 14.8. The largest absolute Gasteiger partial charge is 0.392 e. The van der Waals surface area contributed by atoms with Crippen LogP contribution in [0.5, 0.6) is 0 Å². The summed E-state index contributed by atoms with van der Waals surface area (Å²) < 4.78 is 0. The lowest BCUT2D eigenvalue weighted by molar-refractivity contribution is -0.137. The maximum Gasteiger partial charge on any atom is 0.237 e. The third kappa shape index (κ3) is 3.98. The van der Waals surface area contributed by atoms with E-state index in [0.717, 1.165) is 25.3 Å². The van der Waals surface area contributed by atoms with Crippen molar-refractivity contribution in [2.75, 3.05) is 19.6 Å². The molecule has 1 saturated heterocycles. The number of nitrogens with zero attached hydrogens (tertiary/aromatic N) is 2. The van der Waals surface area contributed by atoms with Gasteiger partial charge in [0.15, 0.2) is 0 Å². The molecule has 1 unspecified atom stereocenters. The van der Waals surface area contributed by atoms with Crippen LogP contribution in [0.2, 0.25) is 0 Å². The Morgan fingerprint density at radius 1 is 1.10 bits per heavy atom. The molecule has 1 amide bonds. The van der Waals surface area contributed by atoms with Crippen LogP contribution in [0.25, 0.3) is 0 Å². The fourth-order valence-corrected chi connectivity index (χ4v) is 4.03. The topological polar surface area (TPSA) is 43.8 Å². The average molecular weight is 294 g/mol. The van der Waals surface area contributed by atoms with Gasteiger partial charge in [-0.3, -0.25) is 9.69 Å². The molecule has 21 heavy (non-hydrogen) atoms. The maximum atomic E-state index is 12.8. The van der Waals surface area contributed by atoms with E-state index in [4.69, 9.17) is 0 Å². The third-order valence-electron chi connectivity index (χ3n) is 5.45. The summed E-state index contributed by atoms with van der Waals surface area (Å²) in [7, 11) is 0. The molecule has 1 heterocycles. The first-order valence-electron chi connectivity index (χ1n) is 8.85. The molecule has 0 spiro atoms. The van der Waals surface area contributed by atoms with Gasteiger partial charge in [0.05, 0.1) is 12.6 Å². The van der Waals surface area contributed by atoms with E-state index in [1.54, 1.807) is 0 Å². The Morgan fingerprint density at radius 2 is 1.71 bits per heavy atom. The van der Waals surface area contributed by atoms with Gasteiger partial charge in [0.25, 0.3) is 0 Å². The van der Waals surface area contributed by atoms with Gasteiger partial charge in [-0.05, 0) is 63.8 Å². The van der Waals surface area contributed by atoms with Crippen LogP contribution in [0, 0.1) is 5.92 Å². The van der Waals surface area contributed by atoms with E-state index < -0.39 is 0 Å². The quantitative estimate of drug-likeness (QED) is 0.862. The number of likely N-dealkylation sites (tertiary alicyclic amines) is 1. The minimum atomic E-state index is -0.239. The number of rotatable bonds is 4. The zero-order valence-corrected chi connectivity index (χ0v) is 13.3. The summed E-state index contributed by atoms with van der Waals surface area (Å²) in [5, 5.41) is 9.76. The van der Waals surface area contributed by atoms with Gasteiger partial charge in [0, 0.05) is 18.6 Å². The molecule has 0 bridgehead atoms. The summed E-state index contributed by atoms with van der Waals surface area (Å²) in [6, 6.07) is 1.00. The van der Waals surface area contributed by atoms with E-state index in [9.17, 15) is 9.90 Å². The molecule has 2 saturated carbocycles. The summed E-state index contributed by atoms with van der Waals surface area (Å²) >= 11 is 0. The van der Waals surface area contributed by atoms with E-state index in [-0.39, 0.29) is 6.10 Å². The van der Waals surface area contributed by atoms with Gasteiger partial charge in [-0.1, -0.05) is 6.92 Å². The van der Waals surface area contributed by atoms with E-state index in [0.29, 0.717) is 31.1 Å². The van der Waals surface area contributed by atoms with E-state index >= 15 is 0 Å². The minimum Gasteiger partial charge on any atom is -0.392 e. The highest BCUT2D eigenvalue weighted by Crippen LogP contribution is 2.35. The Hall–Kier alpha value is -0.610. The molecule has 4 heteroatoms. The number of amides is 1. The highest BCUT2D eigenvalue weighted by atomic mass is 16.3. The zero-order valence-electron chi connectivity index (χ0n) is 13.3. The minimum absolute atomic E-state index is 0.239.